The van der Waals surface area contributed by atoms with Crippen LogP contribution in [0.5, 0.6) is 0 Å². The molecule has 0 spiro atoms. The summed E-state index contributed by atoms with van der Waals surface area (Å²) >= 11 is 0. The molecule has 1 amide bonds. The molecule has 1 saturated carbocycles. The molecule has 0 bridgehead atoms. The van der Waals surface area contributed by atoms with Gasteiger partial charge in [-0.15, -0.1) is 0 Å². The molecule has 1 aromatic heterocycles. The van der Waals surface area contributed by atoms with Crippen LogP contribution in [0.3, 0.4) is 0 Å². The molecule has 0 radical (unpaired) electrons. The first kappa shape index (κ1) is 20.2. The van der Waals surface area contributed by atoms with Crippen LogP contribution in [-0.4, -0.2) is 38.9 Å². The number of hydrogen-bond donors (Lipinski definition) is 2. The standard InChI is InChI=1S/C21H29N3O4/c1-21(2,3)28-20(27)23(12-14-5-4-6-14)13-17-10-16-8-7-15(11-22)9-18(16)24(17)19(25)26/h7-10,14H,4-6,11-13,22H2,1-3H3,(H,25,26). The Balaban J connectivity index is 1.94. The van der Waals surface area contributed by atoms with Gasteiger partial charge in [0.15, 0.2) is 0 Å². The van der Waals surface area contributed by atoms with Crippen LogP contribution in [0.15, 0.2) is 24.3 Å². The van der Waals surface area contributed by atoms with E-state index in [4.69, 9.17) is 10.5 Å². The lowest BCUT2D eigenvalue weighted by atomic mass is 9.85. The summed E-state index contributed by atoms with van der Waals surface area (Å²) in [5, 5.41) is 10.6. The number of benzene rings is 1. The molecule has 2 aromatic rings. The van der Waals surface area contributed by atoms with Crippen molar-refractivity contribution in [3.8, 4) is 0 Å². The molecule has 0 atom stereocenters. The summed E-state index contributed by atoms with van der Waals surface area (Å²) < 4.78 is 6.81. The number of carbonyl (C=O) groups is 2. The number of ether oxygens (including phenoxy) is 1. The summed E-state index contributed by atoms with van der Waals surface area (Å²) in [6.45, 7) is 6.58. The molecular formula is C21H29N3O4. The van der Waals surface area contributed by atoms with E-state index in [2.05, 4.69) is 0 Å². The SMILES string of the molecule is CC(C)(C)OC(=O)N(Cc1cc2ccc(CN)cc2n1C(=O)O)CC1CCC1. The van der Waals surface area contributed by atoms with E-state index in [-0.39, 0.29) is 6.54 Å². The molecule has 1 aliphatic rings. The van der Waals surface area contributed by atoms with Gasteiger partial charge in [0, 0.05) is 24.2 Å². The van der Waals surface area contributed by atoms with Gasteiger partial charge in [-0.05, 0) is 57.2 Å². The van der Waals surface area contributed by atoms with Crippen LogP contribution in [0.25, 0.3) is 10.9 Å². The quantitative estimate of drug-likeness (QED) is 0.803. The van der Waals surface area contributed by atoms with Gasteiger partial charge in [0.1, 0.15) is 5.60 Å². The van der Waals surface area contributed by atoms with Gasteiger partial charge in [-0.25, -0.2) is 14.2 Å². The van der Waals surface area contributed by atoms with Gasteiger partial charge in [-0.2, -0.15) is 0 Å². The highest BCUT2D eigenvalue weighted by atomic mass is 16.6. The maximum atomic E-state index is 12.8. The van der Waals surface area contributed by atoms with Crippen molar-refractivity contribution in [3.05, 3.63) is 35.5 Å². The molecule has 7 heteroatoms. The normalized spacial score (nSPS) is 14.7. The van der Waals surface area contributed by atoms with Crippen LogP contribution in [0.1, 0.15) is 51.3 Å². The summed E-state index contributed by atoms with van der Waals surface area (Å²) in [5.74, 6) is 0.444. The van der Waals surface area contributed by atoms with E-state index in [0.29, 0.717) is 30.2 Å². The highest BCUT2D eigenvalue weighted by Gasteiger charge is 2.29. The molecule has 1 heterocycles. The van der Waals surface area contributed by atoms with Gasteiger partial charge in [0.2, 0.25) is 0 Å². The van der Waals surface area contributed by atoms with Gasteiger partial charge in [-0.3, -0.25) is 0 Å². The van der Waals surface area contributed by atoms with Crippen LogP contribution in [-0.2, 0) is 17.8 Å². The van der Waals surface area contributed by atoms with Crippen LogP contribution in [0, 0.1) is 5.92 Å². The number of carboxylic acid groups (broad SMARTS) is 1. The van der Waals surface area contributed by atoms with Gasteiger partial charge < -0.3 is 20.5 Å². The van der Waals surface area contributed by atoms with E-state index in [1.807, 2.05) is 39.0 Å². The zero-order valence-corrected chi connectivity index (χ0v) is 16.8. The van der Waals surface area contributed by atoms with E-state index >= 15 is 0 Å². The van der Waals surface area contributed by atoms with E-state index < -0.39 is 17.8 Å². The number of nitrogens with two attached hydrogens (primary N) is 1. The first-order valence-corrected chi connectivity index (χ1v) is 9.72. The van der Waals surface area contributed by atoms with Crippen molar-refractivity contribution in [3.63, 3.8) is 0 Å². The number of nitrogens with zero attached hydrogens (tertiary/aromatic N) is 2. The Bertz CT molecular complexity index is 878. The summed E-state index contributed by atoms with van der Waals surface area (Å²) in [6, 6.07) is 7.36. The Kier molecular flexibility index (Phi) is 5.65. The fourth-order valence-corrected chi connectivity index (χ4v) is 3.49. The smallest absolute Gasteiger partial charge is 0.416 e. The average molecular weight is 387 g/mol. The number of aromatic nitrogens is 1. The zero-order chi connectivity index (χ0) is 20.5. The largest absolute Gasteiger partial charge is 0.464 e. The molecule has 0 aliphatic heterocycles. The van der Waals surface area contributed by atoms with Crippen molar-refractivity contribution in [2.45, 2.75) is 58.7 Å². The lowest BCUT2D eigenvalue weighted by Crippen LogP contribution is -2.41. The Hall–Kier alpha value is -2.54. The highest BCUT2D eigenvalue weighted by Crippen LogP contribution is 2.29. The second-order valence-corrected chi connectivity index (χ2v) is 8.51. The molecule has 28 heavy (non-hydrogen) atoms. The van der Waals surface area contributed by atoms with Gasteiger partial charge in [0.05, 0.1) is 12.1 Å². The minimum atomic E-state index is -1.08. The van der Waals surface area contributed by atoms with Crippen LogP contribution in [0.4, 0.5) is 9.59 Å². The molecule has 1 aliphatic carbocycles. The van der Waals surface area contributed by atoms with Crippen molar-refractivity contribution in [2.75, 3.05) is 6.54 Å². The van der Waals surface area contributed by atoms with Gasteiger partial charge in [0.25, 0.3) is 0 Å². The van der Waals surface area contributed by atoms with E-state index in [1.165, 1.54) is 11.0 Å². The van der Waals surface area contributed by atoms with E-state index in [1.54, 1.807) is 11.0 Å². The molecule has 1 aromatic carbocycles. The van der Waals surface area contributed by atoms with Crippen LogP contribution >= 0.6 is 0 Å². The lowest BCUT2D eigenvalue weighted by Gasteiger charge is -2.33. The zero-order valence-electron chi connectivity index (χ0n) is 16.8. The number of fused-ring (bicyclic) bond motifs is 1. The van der Waals surface area contributed by atoms with Crippen molar-refractivity contribution in [1.29, 1.82) is 0 Å². The molecule has 0 unspecified atom stereocenters. The predicted octanol–water partition coefficient (Wildman–Crippen LogP) is 4.16. The minimum absolute atomic E-state index is 0.185. The van der Waals surface area contributed by atoms with Crippen molar-refractivity contribution < 1.29 is 19.4 Å². The number of carbonyl (C=O) groups excluding carboxylic acids is 1. The van der Waals surface area contributed by atoms with Crippen LogP contribution < -0.4 is 5.73 Å². The van der Waals surface area contributed by atoms with Crippen LogP contribution in [0.2, 0.25) is 0 Å². The predicted molar refractivity (Wildman–Crippen MR) is 107 cm³/mol. The Morgan fingerprint density at radius 2 is 2.00 bits per heavy atom. The third-order valence-electron chi connectivity index (χ3n) is 5.08. The fraction of sp³-hybridized carbons (Fsp3) is 0.524. The molecule has 1 fully saturated rings. The summed E-state index contributed by atoms with van der Waals surface area (Å²) in [4.78, 5) is 26.4. The third-order valence-corrected chi connectivity index (χ3v) is 5.08. The maximum absolute atomic E-state index is 12.8. The molecule has 3 rings (SSSR count). The Morgan fingerprint density at radius 1 is 1.29 bits per heavy atom. The summed E-state index contributed by atoms with van der Waals surface area (Å²) in [7, 11) is 0. The van der Waals surface area contributed by atoms with Crippen molar-refractivity contribution in [1.82, 2.24) is 9.47 Å². The van der Waals surface area contributed by atoms with Gasteiger partial charge in [-0.1, -0.05) is 18.6 Å². The van der Waals surface area contributed by atoms with Crippen molar-refractivity contribution >= 4 is 23.1 Å². The van der Waals surface area contributed by atoms with E-state index in [9.17, 15) is 14.7 Å². The molecule has 0 saturated heterocycles. The van der Waals surface area contributed by atoms with E-state index in [0.717, 1.165) is 23.8 Å². The monoisotopic (exact) mass is 387 g/mol. The molecule has 152 valence electrons. The lowest BCUT2D eigenvalue weighted by molar-refractivity contribution is 0.0168. The number of hydrogen-bond acceptors (Lipinski definition) is 4. The molecule has 7 nitrogen and oxygen atoms in total. The summed E-state index contributed by atoms with van der Waals surface area (Å²) in [6.07, 6.45) is 1.85. The number of amides is 1. The average Bonchev–Trinajstić information content (AvgIpc) is 2.92. The fourth-order valence-electron chi connectivity index (χ4n) is 3.49. The number of rotatable bonds is 5. The van der Waals surface area contributed by atoms with Crippen molar-refractivity contribution in [2.24, 2.45) is 11.7 Å². The second-order valence-electron chi connectivity index (χ2n) is 8.51. The minimum Gasteiger partial charge on any atom is -0.464 e. The Labute approximate surface area is 165 Å². The maximum Gasteiger partial charge on any atom is 0.416 e. The molecule has 3 N–H and O–H groups in total. The molecular weight excluding hydrogens is 358 g/mol. The first-order chi connectivity index (χ1) is 13.2. The highest BCUT2D eigenvalue weighted by molar-refractivity contribution is 5.90. The summed E-state index contributed by atoms with van der Waals surface area (Å²) in [5.41, 5.74) is 7.08. The topological polar surface area (TPSA) is 97.8 Å². The first-order valence-electron chi connectivity index (χ1n) is 9.72. The second kappa shape index (κ2) is 7.83. The van der Waals surface area contributed by atoms with Gasteiger partial charge >= 0.3 is 12.2 Å². The Morgan fingerprint density at radius 3 is 2.54 bits per heavy atom. The third kappa shape index (κ3) is 4.47.